The van der Waals surface area contributed by atoms with Crippen LogP contribution in [0, 0.1) is 0 Å². The van der Waals surface area contributed by atoms with E-state index in [2.05, 4.69) is 16.5 Å². The van der Waals surface area contributed by atoms with E-state index < -0.39 is 0 Å². The van der Waals surface area contributed by atoms with Gasteiger partial charge in [0.15, 0.2) is 0 Å². The number of hydrogen-bond donors (Lipinski definition) is 1. The second-order valence-electron chi connectivity index (χ2n) is 3.51. The molecule has 0 spiro atoms. The molecule has 0 amide bonds. The summed E-state index contributed by atoms with van der Waals surface area (Å²) in [6, 6.07) is 0.0872. The van der Waals surface area contributed by atoms with Gasteiger partial charge >= 0.3 is 0 Å². The Labute approximate surface area is 80.0 Å². The van der Waals surface area contributed by atoms with Gasteiger partial charge in [0.25, 0.3) is 0 Å². The van der Waals surface area contributed by atoms with Crippen LogP contribution in [0.4, 0.5) is 0 Å². The zero-order valence-corrected chi connectivity index (χ0v) is 8.53. The molecule has 0 aliphatic rings. The Bertz CT molecular complexity index is 240. The van der Waals surface area contributed by atoms with Gasteiger partial charge < -0.3 is 10.3 Å². The first-order valence-corrected chi connectivity index (χ1v) is 5.01. The fraction of sp³-hybridized carbons (Fsp3) is 0.700. The van der Waals surface area contributed by atoms with Crippen molar-refractivity contribution in [1.29, 1.82) is 0 Å². The normalized spacial score (nSPS) is 13.2. The molecule has 3 nitrogen and oxygen atoms in total. The molecule has 2 N–H and O–H groups in total. The van der Waals surface area contributed by atoms with Crippen LogP contribution in [-0.4, -0.2) is 9.55 Å². The number of hydrogen-bond acceptors (Lipinski definition) is 2. The van der Waals surface area contributed by atoms with Crippen LogP contribution in [-0.2, 0) is 6.54 Å². The number of imidazole rings is 1. The lowest BCUT2D eigenvalue weighted by Crippen LogP contribution is -2.11. The molecule has 1 atom stereocenters. The van der Waals surface area contributed by atoms with Gasteiger partial charge in [0.1, 0.15) is 0 Å². The highest BCUT2D eigenvalue weighted by Crippen LogP contribution is 2.09. The van der Waals surface area contributed by atoms with Gasteiger partial charge in [0.2, 0.25) is 0 Å². The molecule has 0 aliphatic heterocycles. The molecule has 1 aromatic heterocycles. The fourth-order valence-electron chi connectivity index (χ4n) is 1.43. The predicted molar refractivity (Wildman–Crippen MR) is 54.4 cm³/mol. The third-order valence-corrected chi connectivity index (χ3v) is 2.21. The molecular weight excluding hydrogens is 162 g/mol. The Morgan fingerprint density at radius 3 is 2.92 bits per heavy atom. The quantitative estimate of drug-likeness (QED) is 0.707. The molecule has 13 heavy (non-hydrogen) atoms. The van der Waals surface area contributed by atoms with Crippen molar-refractivity contribution in [2.24, 2.45) is 5.73 Å². The Balaban J connectivity index is 2.50. The van der Waals surface area contributed by atoms with Gasteiger partial charge in [-0.25, -0.2) is 4.98 Å². The zero-order valence-electron chi connectivity index (χ0n) is 8.53. The fourth-order valence-corrected chi connectivity index (χ4v) is 1.43. The van der Waals surface area contributed by atoms with E-state index in [-0.39, 0.29) is 6.04 Å². The molecule has 1 aromatic rings. The van der Waals surface area contributed by atoms with Gasteiger partial charge in [0, 0.05) is 18.8 Å². The molecule has 0 radical (unpaired) electrons. The summed E-state index contributed by atoms with van der Waals surface area (Å²) in [4.78, 5) is 4.11. The van der Waals surface area contributed by atoms with Crippen LogP contribution in [0.25, 0.3) is 0 Å². The van der Waals surface area contributed by atoms with Crippen molar-refractivity contribution in [1.82, 2.24) is 9.55 Å². The molecule has 1 rings (SSSR count). The summed E-state index contributed by atoms with van der Waals surface area (Å²) in [5.41, 5.74) is 6.94. The molecule has 0 aliphatic carbocycles. The molecule has 0 unspecified atom stereocenters. The predicted octanol–water partition coefficient (Wildman–Crippen LogP) is 2.09. The Hall–Kier alpha value is -0.830. The van der Waals surface area contributed by atoms with E-state index >= 15 is 0 Å². The number of nitrogens with zero attached hydrogens (tertiary/aromatic N) is 2. The number of aryl methyl sites for hydroxylation is 1. The summed E-state index contributed by atoms with van der Waals surface area (Å²) in [6.07, 6.45) is 7.47. The van der Waals surface area contributed by atoms with Crippen LogP contribution in [0.1, 0.15) is 44.8 Å². The highest BCUT2D eigenvalue weighted by atomic mass is 15.1. The van der Waals surface area contributed by atoms with Gasteiger partial charge in [-0.1, -0.05) is 19.8 Å². The molecule has 74 valence electrons. The van der Waals surface area contributed by atoms with Crippen molar-refractivity contribution in [3.05, 3.63) is 18.2 Å². The summed E-state index contributed by atoms with van der Waals surface area (Å²) < 4.78 is 2.15. The van der Waals surface area contributed by atoms with Crippen LogP contribution >= 0.6 is 0 Å². The van der Waals surface area contributed by atoms with Crippen LogP contribution in [0.3, 0.4) is 0 Å². The van der Waals surface area contributed by atoms with E-state index in [0.29, 0.717) is 0 Å². The van der Waals surface area contributed by atoms with Crippen molar-refractivity contribution in [2.75, 3.05) is 0 Å². The standard InChI is InChI=1S/C10H19N3/c1-3-4-5-6-13-8-12-7-10(13)9(2)11/h7-9H,3-6,11H2,1-2H3/t9-/m1/s1. The Kier molecular flexibility index (Phi) is 3.96. The van der Waals surface area contributed by atoms with Crippen molar-refractivity contribution >= 4 is 0 Å². The molecule has 3 heteroatoms. The maximum Gasteiger partial charge on any atom is 0.0948 e. The summed E-state index contributed by atoms with van der Waals surface area (Å²) in [7, 11) is 0. The van der Waals surface area contributed by atoms with E-state index in [0.717, 1.165) is 12.2 Å². The monoisotopic (exact) mass is 181 g/mol. The van der Waals surface area contributed by atoms with Crippen LogP contribution in [0.2, 0.25) is 0 Å². The lowest BCUT2D eigenvalue weighted by atomic mass is 10.2. The van der Waals surface area contributed by atoms with Crippen molar-refractivity contribution in [3.63, 3.8) is 0 Å². The Morgan fingerprint density at radius 1 is 1.54 bits per heavy atom. The van der Waals surface area contributed by atoms with Crippen LogP contribution < -0.4 is 5.73 Å². The topological polar surface area (TPSA) is 43.8 Å². The smallest absolute Gasteiger partial charge is 0.0948 e. The highest BCUT2D eigenvalue weighted by Gasteiger charge is 2.05. The van der Waals surface area contributed by atoms with E-state index in [1.165, 1.54) is 19.3 Å². The largest absolute Gasteiger partial charge is 0.333 e. The third-order valence-electron chi connectivity index (χ3n) is 2.21. The molecule has 0 fully saturated rings. The maximum atomic E-state index is 5.80. The lowest BCUT2D eigenvalue weighted by molar-refractivity contribution is 0.567. The van der Waals surface area contributed by atoms with Crippen molar-refractivity contribution in [2.45, 2.75) is 45.7 Å². The van der Waals surface area contributed by atoms with E-state index in [4.69, 9.17) is 5.73 Å². The number of rotatable bonds is 5. The number of nitrogens with two attached hydrogens (primary N) is 1. The van der Waals surface area contributed by atoms with Gasteiger partial charge in [-0.05, 0) is 13.3 Å². The minimum absolute atomic E-state index is 0.0872. The minimum atomic E-state index is 0.0872. The van der Waals surface area contributed by atoms with E-state index in [9.17, 15) is 0 Å². The van der Waals surface area contributed by atoms with Crippen molar-refractivity contribution < 1.29 is 0 Å². The second kappa shape index (κ2) is 5.02. The minimum Gasteiger partial charge on any atom is -0.333 e. The first-order valence-electron chi connectivity index (χ1n) is 5.01. The lowest BCUT2D eigenvalue weighted by Gasteiger charge is -2.09. The first kappa shape index (κ1) is 10.3. The van der Waals surface area contributed by atoms with Crippen LogP contribution in [0.15, 0.2) is 12.5 Å². The second-order valence-corrected chi connectivity index (χ2v) is 3.51. The third kappa shape index (κ3) is 2.84. The van der Waals surface area contributed by atoms with Gasteiger partial charge in [-0.2, -0.15) is 0 Å². The van der Waals surface area contributed by atoms with Gasteiger partial charge in [0.05, 0.1) is 12.0 Å². The number of aromatic nitrogens is 2. The maximum absolute atomic E-state index is 5.80. The summed E-state index contributed by atoms with van der Waals surface area (Å²) in [5.74, 6) is 0. The molecule has 0 saturated heterocycles. The van der Waals surface area contributed by atoms with E-state index in [1.54, 1.807) is 0 Å². The first-order chi connectivity index (χ1) is 6.25. The summed E-state index contributed by atoms with van der Waals surface area (Å²) in [5, 5.41) is 0. The van der Waals surface area contributed by atoms with Crippen molar-refractivity contribution in [3.8, 4) is 0 Å². The SMILES string of the molecule is CCCCCn1cncc1[C@@H](C)N. The van der Waals surface area contributed by atoms with Crippen LogP contribution in [0.5, 0.6) is 0 Å². The Morgan fingerprint density at radius 2 is 2.31 bits per heavy atom. The molecule has 0 bridgehead atoms. The number of unbranched alkanes of at least 4 members (excludes halogenated alkanes) is 2. The average molecular weight is 181 g/mol. The van der Waals surface area contributed by atoms with Gasteiger partial charge in [-0.15, -0.1) is 0 Å². The zero-order chi connectivity index (χ0) is 9.68. The van der Waals surface area contributed by atoms with Gasteiger partial charge in [-0.3, -0.25) is 0 Å². The summed E-state index contributed by atoms with van der Waals surface area (Å²) in [6.45, 7) is 5.25. The highest BCUT2D eigenvalue weighted by molar-refractivity contribution is 5.02. The molecule has 0 aromatic carbocycles. The molecule has 1 heterocycles. The molecular formula is C10H19N3. The molecule has 0 saturated carbocycles. The summed E-state index contributed by atoms with van der Waals surface area (Å²) >= 11 is 0. The average Bonchev–Trinajstić information content (AvgIpc) is 2.53. The van der Waals surface area contributed by atoms with E-state index in [1.807, 2.05) is 19.4 Å².